The second-order valence-electron chi connectivity index (χ2n) is 9.09. The zero-order chi connectivity index (χ0) is 22.7. The third-order valence-corrected chi connectivity index (χ3v) is 5.35. The van der Waals surface area contributed by atoms with Crippen molar-refractivity contribution >= 4 is 17.1 Å². The van der Waals surface area contributed by atoms with Crippen molar-refractivity contribution in [3.05, 3.63) is 59.7 Å². The quantitative estimate of drug-likeness (QED) is 0.595. The molecule has 4 rings (SSSR count). The number of nitriles is 1. The van der Waals surface area contributed by atoms with Crippen LogP contribution >= 0.6 is 0 Å². The number of hydrogen-bond donors (Lipinski definition) is 0. The fraction of sp³-hybridized carbons (Fsp3) is 0.400. The molecule has 1 aliphatic heterocycles. The largest absolute Gasteiger partial charge is 0.459 e. The predicted molar refractivity (Wildman–Crippen MR) is 121 cm³/mol. The Morgan fingerprint density at radius 1 is 1.19 bits per heavy atom. The fourth-order valence-corrected chi connectivity index (χ4v) is 3.84. The van der Waals surface area contributed by atoms with Gasteiger partial charge in [0.15, 0.2) is 0 Å². The molecule has 0 unspecified atom stereocenters. The second-order valence-corrected chi connectivity index (χ2v) is 9.09. The number of piperidine rings is 1. The van der Waals surface area contributed by atoms with Gasteiger partial charge in [-0.05, 0) is 63.4 Å². The number of hydrogen-bond acceptors (Lipinski definition) is 5. The first kappa shape index (κ1) is 21.7. The van der Waals surface area contributed by atoms with E-state index in [-0.39, 0.29) is 12.2 Å². The Bertz CT molecular complexity index is 1140. The third kappa shape index (κ3) is 5.02. The molecule has 1 atom stereocenters. The highest BCUT2D eigenvalue weighted by molar-refractivity contribution is 5.76. The lowest BCUT2D eigenvalue weighted by atomic mass is 10.1. The van der Waals surface area contributed by atoms with Crippen molar-refractivity contribution in [3.8, 4) is 12.1 Å². The van der Waals surface area contributed by atoms with Gasteiger partial charge in [-0.25, -0.2) is 4.79 Å². The van der Waals surface area contributed by atoms with Crippen LogP contribution in [-0.2, 0) is 11.3 Å². The minimum atomic E-state index is -0.528. The van der Waals surface area contributed by atoms with E-state index in [1.54, 1.807) is 4.90 Å². The van der Waals surface area contributed by atoms with Gasteiger partial charge < -0.3 is 14.4 Å². The van der Waals surface area contributed by atoms with Crippen LogP contribution in [0.15, 0.2) is 48.5 Å². The van der Waals surface area contributed by atoms with Crippen molar-refractivity contribution < 1.29 is 14.3 Å². The van der Waals surface area contributed by atoms with E-state index in [2.05, 4.69) is 6.07 Å². The van der Waals surface area contributed by atoms with Crippen LogP contribution in [0.1, 0.15) is 44.7 Å². The van der Waals surface area contributed by atoms with E-state index in [1.807, 2.05) is 73.9 Å². The summed E-state index contributed by atoms with van der Waals surface area (Å²) < 4.78 is 13.9. The number of aromatic nitrogens is 2. The summed E-state index contributed by atoms with van der Waals surface area (Å²) in [6.45, 7) is 7.31. The van der Waals surface area contributed by atoms with Crippen LogP contribution in [0.5, 0.6) is 6.01 Å². The summed E-state index contributed by atoms with van der Waals surface area (Å²) in [4.78, 5) is 19.0. The second kappa shape index (κ2) is 8.91. The molecule has 0 radical (unpaired) electrons. The number of rotatable bonds is 4. The molecule has 1 aromatic heterocycles. The smallest absolute Gasteiger partial charge is 0.410 e. The highest BCUT2D eigenvalue weighted by atomic mass is 16.6. The lowest BCUT2D eigenvalue weighted by molar-refractivity contribution is 0.00626. The van der Waals surface area contributed by atoms with E-state index in [1.165, 1.54) is 0 Å². The number of likely N-dealkylation sites (tertiary alicyclic amines) is 1. The molecule has 0 saturated carbocycles. The molecule has 7 nitrogen and oxygen atoms in total. The molecule has 1 fully saturated rings. The summed E-state index contributed by atoms with van der Waals surface area (Å²) in [6.07, 6.45) is 1.23. The number of carbonyl (C=O) groups excluding carboxylic acids is 1. The zero-order valence-electron chi connectivity index (χ0n) is 18.7. The number of imidazole rings is 1. The number of fused-ring (bicyclic) bond motifs is 1. The summed E-state index contributed by atoms with van der Waals surface area (Å²) in [6, 6.07) is 18.1. The van der Waals surface area contributed by atoms with Crippen LogP contribution in [0, 0.1) is 11.3 Å². The van der Waals surface area contributed by atoms with E-state index in [9.17, 15) is 4.79 Å². The van der Waals surface area contributed by atoms with Gasteiger partial charge in [-0.15, -0.1) is 0 Å². The van der Waals surface area contributed by atoms with Gasteiger partial charge in [-0.1, -0.05) is 24.3 Å². The van der Waals surface area contributed by atoms with E-state index >= 15 is 0 Å². The molecule has 32 heavy (non-hydrogen) atoms. The van der Waals surface area contributed by atoms with Crippen molar-refractivity contribution in [2.24, 2.45) is 0 Å². The molecule has 0 N–H and O–H groups in total. The standard InChI is InChI=1S/C25H28N4O3/c1-25(2,3)32-24(30)28-14-6-7-20(17-28)31-23-27-21-8-4-5-9-22(21)29(23)16-19-12-10-18(15-26)11-13-19/h4-5,8-13,20H,6-7,14,16-17H2,1-3H3/t20-/m0/s1. The third-order valence-electron chi connectivity index (χ3n) is 5.35. The first-order chi connectivity index (χ1) is 15.3. The Balaban J connectivity index is 1.55. The molecule has 3 aromatic rings. The molecule has 2 aromatic carbocycles. The monoisotopic (exact) mass is 432 g/mol. The summed E-state index contributed by atoms with van der Waals surface area (Å²) >= 11 is 0. The van der Waals surface area contributed by atoms with Gasteiger partial charge in [0, 0.05) is 6.54 Å². The summed E-state index contributed by atoms with van der Waals surface area (Å²) in [5, 5.41) is 9.05. The number of carbonyl (C=O) groups is 1. The maximum Gasteiger partial charge on any atom is 0.410 e. The molecule has 1 amide bonds. The fourth-order valence-electron chi connectivity index (χ4n) is 3.84. The number of para-hydroxylation sites is 2. The molecule has 0 bridgehead atoms. The zero-order valence-corrected chi connectivity index (χ0v) is 18.7. The molecular formula is C25H28N4O3. The lowest BCUT2D eigenvalue weighted by Crippen LogP contribution is -2.46. The Kier molecular flexibility index (Phi) is 6.04. The Labute approximate surface area is 188 Å². The normalized spacial score (nSPS) is 16.6. The van der Waals surface area contributed by atoms with Gasteiger partial charge in [0.25, 0.3) is 6.01 Å². The van der Waals surface area contributed by atoms with Crippen molar-refractivity contribution in [1.29, 1.82) is 5.26 Å². The van der Waals surface area contributed by atoms with Crippen LogP contribution in [0.3, 0.4) is 0 Å². The summed E-state index contributed by atoms with van der Waals surface area (Å²) in [7, 11) is 0. The Hall–Kier alpha value is -3.53. The minimum Gasteiger partial charge on any atom is -0.459 e. The summed E-state index contributed by atoms with van der Waals surface area (Å²) in [5.74, 6) is 0. The van der Waals surface area contributed by atoms with E-state index in [0.29, 0.717) is 31.2 Å². The molecule has 166 valence electrons. The maximum absolute atomic E-state index is 12.5. The van der Waals surface area contributed by atoms with E-state index < -0.39 is 5.60 Å². The molecule has 1 saturated heterocycles. The highest BCUT2D eigenvalue weighted by Gasteiger charge is 2.29. The van der Waals surface area contributed by atoms with Crippen molar-refractivity contribution in [3.63, 3.8) is 0 Å². The molecule has 0 spiro atoms. The first-order valence-electron chi connectivity index (χ1n) is 10.9. The number of amides is 1. The summed E-state index contributed by atoms with van der Waals surface area (Å²) in [5.41, 5.74) is 2.99. The number of nitrogens with zero attached hydrogens (tertiary/aromatic N) is 4. The lowest BCUT2D eigenvalue weighted by Gasteiger charge is -2.34. The van der Waals surface area contributed by atoms with Crippen LogP contribution in [0.2, 0.25) is 0 Å². The van der Waals surface area contributed by atoms with Gasteiger partial charge in [-0.2, -0.15) is 10.2 Å². The number of benzene rings is 2. The van der Waals surface area contributed by atoms with Gasteiger partial charge in [0.05, 0.1) is 35.8 Å². The average molecular weight is 433 g/mol. The first-order valence-corrected chi connectivity index (χ1v) is 10.9. The van der Waals surface area contributed by atoms with Crippen LogP contribution in [0.25, 0.3) is 11.0 Å². The molecular weight excluding hydrogens is 404 g/mol. The Morgan fingerprint density at radius 2 is 1.94 bits per heavy atom. The van der Waals surface area contributed by atoms with Crippen molar-refractivity contribution in [1.82, 2.24) is 14.5 Å². The van der Waals surface area contributed by atoms with Crippen LogP contribution in [-0.4, -0.2) is 45.3 Å². The average Bonchev–Trinajstić information content (AvgIpc) is 3.10. The maximum atomic E-state index is 12.5. The van der Waals surface area contributed by atoms with E-state index in [0.717, 1.165) is 29.4 Å². The minimum absolute atomic E-state index is 0.159. The molecule has 2 heterocycles. The van der Waals surface area contributed by atoms with Crippen molar-refractivity contribution in [2.75, 3.05) is 13.1 Å². The van der Waals surface area contributed by atoms with Crippen molar-refractivity contribution in [2.45, 2.75) is 51.9 Å². The Morgan fingerprint density at radius 3 is 2.66 bits per heavy atom. The van der Waals surface area contributed by atoms with Crippen LogP contribution < -0.4 is 4.74 Å². The highest BCUT2D eigenvalue weighted by Crippen LogP contribution is 2.26. The van der Waals surface area contributed by atoms with E-state index in [4.69, 9.17) is 19.7 Å². The topological polar surface area (TPSA) is 80.4 Å². The van der Waals surface area contributed by atoms with Gasteiger partial charge in [0.1, 0.15) is 11.7 Å². The van der Waals surface area contributed by atoms with Crippen LogP contribution in [0.4, 0.5) is 4.79 Å². The van der Waals surface area contributed by atoms with Gasteiger partial charge >= 0.3 is 6.09 Å². The van der Waals surface area contributed by atoms with Gasteiger partial charge in [-0.3, -0.25) is 4.57 Å². The predicted octanol–water partition coefficient (Wildman–Crippen LogP) is 4.73. The molecule has 0 aliphatic carbocycles. The van der Waals surface area contributed by atoms with Gasteiger partial charge in [0.2, 0.25) is 0 Å². The number of ether oxygens (including phenoxy) is 2. The molecule has 7 heteroatoms. The molecule has 1 aliphatic rings. The SMILES string of the molecule is CC(C)(C)OC(=O)N1CCC[C@H](Oc2nc3ccccc3n2Cc2ccc(C#N)cc2)C1.